The van der Waals surface area contributed by atoms with Crippen LogP contribution in [0.25, 0.3) is 0 Å². The molecule has 1 aliphatic heterocycles. The predicted molar refractivity (Wildman–Crippen MR) is 51.3 cm³/mol. The van der Waals surface area contributed by atoms with Gasteiger partial charge in [0, 0.05) is 6.54 Å². The van der Waals surface area contributed by atoms with Gasteiger partial charge in [0.25, 0.3) is 0 Å². The molecule has 0 aromatic heterocycles. The third-order valence-corrected chi connectivity index (χ3v) is 1.57. The topological polar surface area (TPSA) is 75.6 Å². The van der Waals surface area contributed by atoms with E-state index in [1.54, 1.807) is 6.92 Å². The van der Waals surface area contributed by atoms with E-state index in [-0.39, 0.29) is 12.0 Å². The summed E-state index contributed by atoms with van der Waals surface area (Å²) >= 11 is 0. The van der Waals surface area contributed by atoms with Crippen LogP contribution in [-0.4, -0.2) is 42.4 Å². The highest BCUT2D eigenvalue weighted by atomic mass is 19.4. The molecule has 2 N–H and O–H groups in total. The number of rotatable bonds is 2. The molecule has 1 atom stereocenters. The molecule has 17 heavy (non-hydrogen) atoms. The van der Waals surface area contributed by atoms with Gasteiger partial charge in [-0.25, -0.2) is 4.79 Å². The largest absolute Gasteiger partial charge is 0.490 e. The molecule has 0 radical (unpaired) electrons. The van der Waals surface area contributed by atoms with Crippen LogP contribution in [0.1, 0.15) is 6.92 Å². The number of aliphatic carboxylic acids is 1. The van der Waals surface area contributed by atoms with Crippen LogP contribution in [0.3, 0.4) is 0 Å². The Morgan fingerprint density at radius 1 is 1.53 bits per heavy atom. The molecule has 0 spiro atoms. The average molecular weight is 255 g/mol. The Bertz CT molecular complexity index is 301. The van der Waals surface area contributed by atoms with E-state index < -0.39 is 12.1 Å². The fourth-order valence-corrected chi connectivity index (χ4v) is 0.861. The highest BCUT2D eigenvalue weighted by Crippen LogP contribution is 2.13. The Balaban J connectivity index is 0.000000325. The Labute approximate surface area is 95.2 Å². The van der Waals surface area contributed by atoms with Crippen molar-refractivity contribution in [2.24, 2.45) is 0 Å². The molecule has 8 heteroatoms. The number of carbonyl (C=O) groups is 2. The number of hydrogen-bond acceptors (Lipinski definition) is 4. The Morgan fingerprint density at radius 3 is 2.35 bits per heavy atom. The zero-order chi connectivity index (χ0) is 13.5. The van der Waals surface area contributed by atoms with Crippen molar-refractivity contribution in [3.05, 3.63) is 12.2 Å². The van der Waals surface area contributed by atoms with E-state index in [1.165, 1.54) is 0 Å². The number of carboxylic acid groups (broad SMARTS) is 1. The van der Waals surface area contributed by atoms with Gasteiger partial charge < -0.3 is 9.84 Å². The van der Waals surface area contributed by atoms with Crippen LogP contribution in [0.2, 0.25) is 0 Å². The van der Waals surface area contributed by atoms with E-state index in [4.69, 9.17) is 14.6 Å². The number of ether oxygens (including phenoxy) is 1. The second-order valence-electron chi connectivity index (χ2n) is 2.87. The molecule has 0 aliphatic carbocycles. The monoisotopic (exact) mass is 255 g/mol. The van der Waals surface area contributed by atoms with Crippen molar-refractivity contribution in [3.8, 4) is 0 Å². The van der Waals surface area contributed by atoms with Crippen molar-refractivity contribution >= 4 is 11.9 Å². The lowest BCUT2D eigenvalue weighted by atomic mass is 10.3. The van der Waals surface area contributed by atoms with Gasteiger partial charge in [0.1, 0.15) is 6.04 Å². The standard InChI is InChI=1S/C7H11NO2.C2HF3O2/c1-2-10-7(9)6-4-3-5-8-6;3-2(4,5)1(6)7/h3-4,6,8H,2,5H2,1H3;(H,6,7)/t6-;/m1./s1. The first-order valence-corrected chi connectivity index (χ1v) is 4.65. The zero-order valence-corrected chi connectivity index (χ0v) is 8.95. The third kappa shape index (κ3) is 6.56. The molecule has 5 nitrogen and oxygen atoms in total. The molecule has 1 rings (SSSR count). The van der Waals surface area contributed by atoms with Gasteiger partial charge in [-0.05, 0) is 6.92 Å². The maximum absolute atomic E-state index is 10.9. The molecule has 0 unspecified atom stereocenters. The highest BCUT2D eigenvalue weighted by Gasteiger charge is 2.38. The van der Waals surface area contributed by atoms with Crippen molar-refractivity contribution in [1.82, 2.24) is 5.32 Å². The van der Waals surface area contributed by atoms with E-state index in [9.17, 15) is 18.0 Å². The SMILES string of the molecule is CCOC(=O)[C@H]1C=CCN1.O=C(O)C(F)(F)F. The molecule has 0 saturated carbocycles. The Morgan fingerprint density at radius 2 is 2.06 bits per heavy atom. The summed E-state index contributed by atoms with van der Waals surface area (Å²) in [6.07, 6.45) is -1.35. The lowest BCUT2D eigenvalue weighted by Gasteiger charge is -2.06. The molecule has 0 bridgehead atoms. The molecule has 0 saturated heterocycles. The number of nitrogens with one attached hydrogen (secondary N) is 1. The maximum atomic E-state index is 10.9. The van der Waals surface area contributed by atoms with Gasteiger partial charge >= 0.3 is 18.1 Å². The molecule has 1 heterocycles. The normalized spacial score (nSPS) is 18.2. The zero-order valence-electron chi connectivity index (χ0n) is 8.95. The van der Waals surface area contributed by atoms with Gasteiger partial charge in [0.15, 0.2) is 0 Å². The molecule has 0 amide bonds. The predicted octanol–water partition coefficient (Wildman–Crippen LogP) is 0.711. The molecule has 0 fully saturated rings. The quantitative estimate of drug-likeness (QED) is 0.561. The van der Waals surface area contributed by atoms with E-state index in [0.29, 0.717) is 6.61 Å². The summed E-state index contributed by atoms with van der Waals surface area (Å²) in [6.45, 7) is 3.02. The summed E-state index contributed by atoms with van der Waals surface area (Å²) in [5.41, 5.74) is 0. The summed E-state index contributed by atoms with van der Waals surface area (Å²) in [5, 5.41) is 10.1. The van der Waals surface area contributed by atoms with Crippen molar-refractivity contribution < 1.29 is 32.6 Å². The smallest absolute Gasteiger partial charge is 0.475 e. The van der Waals surface area contributed by atoms with Crippen molar-refractivity contribution in [3.63, 3.8) is 0 Å². The number of hydrogen-bond donors (Lipinski definition) is 2. The van der Waals surface area contributed by atoms with Crippen LogP contribution in [0, 0.1) is 0 Å². The number of halogens is 3. The minimum absolute atomic E-state index is 0.184. The minimum Gasteiger partial charge on any atom is -0.475 e. The van der Waals surface area contributed by atoms with Crippen LogP contribution >= 0.6 is 0 Å². The summed E-state index contributed by atoms with van der Waals surface area (Å²) in [4.78, 5) is 19.8. The molecular weight excluding hydrogens is 243 g/mol. The third-order valence-electron chi connectivity index (χ3n) is 1.57. The van der Waals surface area contributed by atoms with Crippen molar-refractivity contribution in [2.45, 2.75) is 19.1 Å². The molecule has 0 aromatic rings. The van der Waals surface area contributed by atoms with Crippen LogP contribution in [0.15, 0.2) is 12.2 Å². The summed E-state index contributed by atoms with van der Waals surface area (Å²) in [5.74, 6) is -2.94. The van der Waals surface area contributed by atoms with E-state index >= 15 is 0 Å². The van der Waals surface area contributed by atoms with E-state index in [2.05, 4.69) is 5.32 Å². The molecule has 1 aliphatic rings. The van der Waals surface area contributed by atoms with E-state index in [1.807, 2.05) is 12.2 Å². The van der Waals surface area contributed by atoms with Crippen LogP contribution in [0.4, 0.5) is 13.2 Å². The fraction of sp³-hybridized carbons (Fsp3) is 0.556. The maximum Gasteiger partial charge on any atom is 0.490 e. The number of alkyl halides is 3. The molecular formula is C9H12F3NO4. The van der Waals surface area contributed by atoms with E-state index in [0.717, 1.165) is 6.54 Å². The first kappa shape index (κ1) is 15.4. The lowest BCUT2D eigenvalue weighted by molar-refractivity contribution is -0.192. The van der Waals surface area contributed by atoms with Gasteiger partial charge in [0.2, 0.25) is 0 Å². The molecule has 98 valence electrons. The second-order valence-corrected chi connectivity index (χ2v) is 2.87. The van der Waals surface area contributed by atoms with Crippen LogP contribution in [-0.2, 0) is 14.3 Å². The highest BCUT2D eigenvalue weighted by molar-refractivity contribution is 5.78. The van der Waals surface area contributed by atoms with Gasteiger partial charge in [-0.2, -0.15) is 13.2 Å². The van der Waals surface area contributed by atoms with Gasteiger partial charge in [-0.1, -0.05) is 12.2 Å². The summed E-state index contributed by atoms with van der Waals surface area (Å²) in [7, 11) is 0. The second kappa shape index (κ2) is 6.89. The first-order chi connectivity index (χ1) is 7.79. The fourth-order valence-electron chi connectivity index (χ4n) is 0.861. The number of carboxylic acids is 1. The van der Waals surface area contributed by atoms with Gasteiger partial charge in [-0.15, -0.1) is 0 Å². The minimum atomic E-state index is -5.08. The average Bonchev–Trinajstić information content (AvgIpc) is 2.70. The van der Waals surface area contributed by atoms with Gasteiger partial charge in [-0.3, -0.25) is 10.1 Å². The molecule has 0 aromatic carbocycles. The Hall–Kier alpha value is -1.57. The number of carbonyl (C=O) groups excluding carboxylic acids is 1. The van der Waals surface area contributed by atoms with Crippen molar-refractivity contribution in [2.75, 3.05) is 13.2 Å². The van der Waals surface area contributed by atoms with Crippen molar-refractivity contribution in [1.29, 1.82) is 0 Å². The summed E-state index contributed by atoms with van der Waals surface area (Å²) in [6, 6.07) is -0.208. The number of esters is 1. The Kier molecular flexibility index (Phi) is 6.26. The van der Waals surface area contributed by atoms with Crippen LogP contribution < -0.4 is 5.32 Å². The van der Waals surface area contributed by atoms with Crippen LogP contribution in [0.5, 0.6) is 0 Å². The first-order valence-electron chi connectivity index (χ1n) is 4.65. The lowest BCUT2D eigenvalue weighted by Crippen LogP contribution is -2.32. The summed E-state index contributed by atoms with van der Waals surface area (Å²) < 4.78 is 36.5. The van der Waals surface area contributed by atoms with Gasteiger partial charge in [0.05, 0.1) is 6.61 Å².